The van der Waals surface area contributed by atoms with Gasteiger partial charge in [0.1, 0.15) is 6.33 Å². The molecule has 0 atom stereocenters. The molecule has 0 saturated carbocycles. The van der Waals surface area contributed by atoms with Crippen molar-refractivity contribution in [3.63, 3.8) is 0 Å². The highest BCUT2D eigenvalue weighted by molar-refractivity contribution is 6.33. The molecule has 2 rings (SSSR count). The van der Waals surface area contributed by atoms with Crippen molar-refractivity contribution in [3.8, 4) is 17.5 Å². The zero-order chi connectivity index (χ0) is 11.4. The minimum atomic E-state index is 0.404. The number of nitriles is 1. The Morgan fingerprint density at radius 1 is 1.38 bits per heavy atom. The molecular formula is C11H9ClN4. The molecule has 0 aliphatic heterocycles. The predicted octanol–water partition coefficient (Wildman–Crippen LogP) is 2.51. The average Bonchev–Trinajstić information content (AvgIpc) is 2.75. The normalized spacial score (nSPS) is 10.0. The van der Waals surface area contributed by atoms with Gasteiger partial charge in [0.25, 0.3) is 0 Å². The van der Waals surface area contributed by atoms with Gasteiger partial charge in [-0.05, 0) is 12.1 Å². The first-order valence-corrected chi connectivity index (χ1v) is 5.20. The summed E-state index contributed by atoms with van der Waals surface area (Å²) in [7, 11) is 0. The molecule has 0 radical (unpaired) electrons. The van der Waals surface area contributed by atoms with Gasteiger partial charge >= 0.3 is 0 Å². The van der Waals surface area contributed by atoms with Crippen molar-refractivity contribution in [1.29, 1.82) is 5.26 Å². The summed E-state index contributed by atoms with van der Waals surface area (Å²) in [4.78, 5) is 4.16. The van der Waals surface area contributed by atoms with Gasteiger partial charge in [0.2, 0.25) is 0 Å². The van der Waals surface area contributed by atoms with E-state index in [1.165, 1.54) is 6.33 Å². The zero-order valence-corrected chi connectivity index (χ0v) is 9.22. The van der Waals surface area contributed by atoms with Gasteiger partial charge in [0.15, 0.2) is 5.82 Å². The van der Waals surface area contributed by atoms with E-state index in [2.05, 4.69) is 16.2 Å². The molecule has 4 nitrogen and oxygen atoms in total. The second kappa shape index (κ2) is 4.77. The lowest BCUT2D eigenvalue weighted by Crippen LogP contribution is -2.02. The maximum Gasteiger partial charge on any atom is 0.159 e. The lowest BCUT2D eigenvalue weighted by molar-refractivity contribution is 0.633. The Labute approximate surface area is 98.1 Å². The molecule has 0 amide bonds. The van der Waals surface area contributed by atoms with Crippen LogP contribution in [0.3, 0.4) is 0 Å². The smallest absolute Gasteiger partial charge is 0.159 e. The van der Waals surface area contributed by atoms with Crippen LogP contribution in [0.5, 0.6) is 0 Å². The number of benzene rings is 1. The SMILES string of the molecule is N#CCCn1ncnc1-c1ccccc1Cl. The molecule has 0 N–H and O–H groups in total. The van der Waals surface area contributed by atoms with E-state index in [1.54, 1.807) is 10.7 Å². The second-order valence-corrected chi connectivity index (χ2v) is 3.60. The van der Waals surface area contributed by atoms with Crippen LogP contribution in [0.2, 0.25) is 5.02 Å². The van der Waals surface area contributed by atoms with E-state index in [9.17, 15) is 0 Å². The largest absolute Gasteiger partial charge is 0.245 e. The predicted molar refractivity (Wildman–Crippen MR) is 60.7 cm³/mol. The molecule has 1 aromatic carbocycles. The molecule has 16 heavy (non-hydrogen) atoms. The minimum absolute atomic E-state index is 0.404. The van der Waals surface area contributed by atoms with Crippen molar-refractivity contribution >= 4 is 11.6 Å². The Balaban J connectivity index is 2.38. The minimum Gasteiger partial charge on any atom is -0.245 e. The Morgan fingerprint density at radius 3 is 2.94 bits per heavy atom. The average molecular weight is 233 g/mol. The van der Waals surface area contributed by atoms with Gasteiger partial charge in [-0.3, -0.25) is 0 Å². The third kappa shape index (κ3) is 2.05. The second-order valence-electron chi connectivity index (χ2n) is 3.19. The molecule has 0 bridgehead atoms. The third-order valence-electron chi connectivity index (χ3n) is 2.17. The molecule has 2 aromatic rings. The quantitative estimate of drug-likeness (QED) is 0.817. The fraction of sp³-hybridized carbons (Fsp3) is 0.182. The van der Waals surface area contributed by atoms with Gasteiger partial charge in [-0.2, -0.15) is 10.4 Å². The monoisotopic (exact) mass is 232 g/mol. The summed E-state index contributed by atoms with van der Waals surface area (Å²) < 4.78 is 1.68. The number of hydrogen-bond donors (Lipinski definition) is 0. The Hall–Kier alpha value is -1.86. The number of aromatic nitrogens is 3. The molecule has 0 aliphatic rings. The summed E-state index contributed by atoms with van der Waals surface area (Å²) in [5.41, 5.74) is 0.833. The molecule has 5 heteroatoms. The van der Waals surface area contributed by atoms with Crippen LogP contribution in [0.15, 0.2) is 30.6 Å². The fourth-order valence-electron chi connectivity index (χ4n) is 1.43. The number of halogens is 1. The van der Waals surface area contributed by atoms with E-state index in [4.69, 9.17) is 16.9 Å². The van der Waals surface area contributed by atoms with Gasteiger partial charge in [-0.15, -0.1) is 0 Å². The van der Waals surface area contributed by atoms with Crippen LogP contribution in [0, 0.1) is 11.3 Å². The van der Waals surface area contributed by atoms with E-state index in [-0.39, 0.29) is 0 Å². The summed E-state index contributed by atoms with van der Waals surface area (Å²) in [6, 6.07) is 9.52. The summed E-state index contributed by atoms with van der Waals surface area (Å²) in [5.74, 6) is 0.695. The van der Waals surface area contributed by atoms with E-state index in [0.29, 0.717) is 23.8 Å². The van der Waals surface area contributed by atoms with Crippen LogP contribution in [0.1, 0.15) is 6.42 Å². The molecule has 80 valence electrons. The van der Waals surface area contributed by atoms with E-state index >= 15 is 0 Å². The van der Waals surface area contributed by atoms with Crippen molar-refractivity contribution in [1.82, 2.24) is 14.8 Å². The zero-order valence-electron chi connectivity index (χ0n) is 8.47. The van der Waals surface area contributed by atoms with Gasteiger partial charge in [-0.1, -0.05) is 23.7 Å². The maximum atomic E-state index is 8.54. The first-order chi connectivity index (χ1) is 7.83. The van der Waals surface area contributed by atoms with Crippen molar-refractivity contribution in [2.45, 2.75) is 13.0 Å². The van der Waals surface area contributed by atoms with Crippen LogP contribution >= 0.6 is 11.6 Å². The van der Waals surface area contributed by atoms with Crippen molar-refractivity contribution in [2.75, 3.05) is 0 Å². The van der Waals surface area contributed by atoms with Gasteiger partial charge in [0.05, 0.1) is 24.1 Å². The van der Waals surface area contributed by atoms with Crippen LogP contribution in [-0.2, 0) is 6.54 Å². The lowest BCUT2D eigenvalue weighted by atomic mass is 10.2. The van der Waals surface area contributed by atoms with E-state index in [0.717, 1.165) is 5.56 Å². The first-order valence-electron chi connectivity index (χ1n) is 4.82. The van der Waals surface area contributed by atoms with Crippen molar-refractivity contribution < 1.29 is 0 Å². The summed E-state index contributed by atoms with van der Waals surface area (Å²) >= 11 is 6.08. The number of hydrogen-bond acceptors (Lipinski definition) is 3. The molecule has 0 spiro atoms. The highest BCUT2D eigenvalue weighted by Crippen LogP contribution is 2.25. The number of aryl methyl sites for hydroxylation is 1. The molecule has 1 aromatic heterocycles. The summed E-state index contributed by atoms with van der Waals surface area (Å²) in [6.07, 6.45) is 1.87. The van der Waals surface area contributed by atoms with Crippen molar-refractivity contribution in [3.05, 3.63) is 35.6 Å². The number of nitrogens with zero attached hydrogens (tertiary/aromatic N) is 4. The van der Waals surface area contributed by atoms with Crippen LogP contribution < -0.4 is 0 Å². The highest BCUT2D eigenvalue weighted by Gasteiger charge is 2.09. The van der Waals surface area contributed by atoms with E-state index < -0.39 is 0 Å². The number of rotatable bonds is 3. The molecule has 0 saturated heterocycles. The van der Waals surface area contributed by atoms with Crippen LogP contribution in [-0.4, -0.2) is 14.8 Å². The molecular weight excluding hydrogens is 224 g/mol. The summed E-state index contributed by atoms with van der Waals surface area (Å²) in [6.45, 7) is 0.525. The summed E-state index contributed by atoms with van der Waals surface area (Å²) in [5, 5.41) is 13.2. The van der Waals surface area contributed by atoms with Gasteiger partial charge in [-0.25, -0.2) is 9.67 Å². The topological polar surface area (TPSA) is 54.5 Å². The third-order valence-corrected chi connectivity index (χ3v) is 2.50. The van der Waals surface area contributed by atoms with Crippen LogP contribution in [0.4, 0.5) is 0 Å². The Kier molecular flexibility index (Phi) is 3.18. The molecule has 1 heterocycles. The van der Waals surface area contributed by atoms with E-state index in [1.807, 2.05) is 18.2 Å². The van der Waals surface area contributed by atoms with Gasteiger partial charge < -0.3 is 0 Å². The highest BCUT2D eigenvalue weighted by atomic mass is 35.5. The Morgan fingerprint density at radius 2 is 2.19 bits per heavy atom. The van der Waals surface area contributed by atoms with Crippen LogP contribution in [0.25, 0.3) is 11.4 Å². The molecule has 0 aliphatic carbocycles. The molecule has 0 fully saturated rings. The fourth-order valence-corrected chi connectivity index (χ4v) is 1.66. The molecule has 0 unspecified atom stereocenters. The first kappa shape index (κ1) is 10.7. The lowest BCUT2D eigenvalue weighted by Gasteiger charge is -2.05. The Bertz CT molecular complexity index is 527. The van der Waals surface area contributed by atoms with Crippen molar-refractivity contribution in [2.24, 2.45) is 0 Å². The maximum absolute atomic E-state index is 8.54. The van der Waals surface area contributed by atoms with Gasteiger partial charge in [0, 0.05) is 5.56 Å². The standard InChI is InChI=1S/C11H9ClN4/c12-10-5-2-1-4-9(10)11-14-8-15-16(11)7-3-6-13/h1-2,4-5,8H,3,7H2.